The molecule has 0 aromatic heterocycles. The van der Waals surface area contributed by atoms with E-state index in [0.29, 0.717) is 5.02 Å². The third-order valence-corrected chi connectivity index (χ3v) is 3.81. The van der Waals surface area contributed by atoms with Gasteiger partial charge in [-0.3, -0.25) is 0 Å². The van der Waals surface area contributed by atoms with Gasteiger partial charge in [0.2, 0.25) is 0 Å². The fourth-order valence-corrected chi connectivity index (χ4v) is 2.59. The van der Waals surface area contributed by atoms with Crippen molar-refractivity contribution in [2.24, 2.45) is 0 Å². The van der Waals surface area contributed by atoms with E-state index in [1.54, 1.807) is 13.2 Å². The molecule has 1 aromatic carbocycles. The van der Waals surface area contributed by atoms with Crippen LogP contribution >= 0.6 is 23.2 Å². The third-order valence-electron chi connectivity index (χ3n) is 3.20. The smallest absolute Gasteiger partial charge is 0.343 e. The van der Waals surface area contributed by atoms with Gasteiger partial charge in [-0.25, -0.2) is 4.79 Å². The van der Waals surface area contributed by atoms with Crippen LogP contribution in [0, 0.1) is 0 Å². The average Bonchev–Trinajstić information content (AvgIpc) is 2.94. The number of hydrogen-bond donors (Lipinski definition) is 0. The molecule has 1 aromatic rings. The van der Waals surface area contributed by atoms with Crippen LogP contribution < -0.4 is 4.74 Å². The molecule has 0 bridgehead atoms. The van der Waals surface area contributed by atoms with Crippen LogP contribution in [-0.4, -0.2) is 39.2 Å². The maximum atomic E-state index is 12.2. The van der Waals surface area contributed by atoms with E-state index in [1.165, 1.54) is 13.2 Å². The molecule has 1 saturated heterocycles. The lowest BCUT2D eigenvalue weighted by molar-refractivity contribution is -0.123. The van der Waals surface area contributed by atoms with Gasteiger partial charge in [0.1, 0.15) is 12.2 Å². The number of methoxy groups -OCH3 is 2. The lowest BCUT2D eigenvalue weighted by Gasteiger charge is -2.15. The van der Waals surface area contributed by atoms with E-state index in [-0.39, 0.29) is 35.3 Å². The molecule has 2 atom stereocenters. The first-order valence-electron chi connectivity index (χ1n) is 6.44. The summed E-state index contributed by atoms with van der Waals surface area (Å²) in [4.78, 5) is 12.2. The summed E-state index contributed by atoms with van der Waals surface area (Å²) in [6, 6.07) is 3.08. The van der Waals surface area contributed by atoms with Crippen LogP contribution in [0.3, 0.4) is 0 Å². The highest BCUT2D eigenvalue weighted by atomic mass is 35.5. The molecule has 0 aliphatic carbocycles. The van der Waals surface area contributed by atoms with E-state index >= 15 is 0 Å². The quantitative estimate of drug-likeness (QED) is 0.773. The molecule has 2 unspecified atom stereocenters. The zero-order valence-corrected chi connectivity index (χ0v) is 13.2. The molecule has 2 rings (SSSR count). The van der Waals surface area contributed by atoms with E-state index in [0.717, 1.165) is 12.8 Å². The van der Waals surface area contributed by atoms with Gasteiger partial charge in [-0.2, -0.15) is 0 Å². The van der Waals surface area contributed by atoms with Crippen LogP contribution in [0.15, 0.2) is 12.1 Å². The van der Waals surface area contributed by atoms with Crippen LogP contribution in [0.25, 0.3) is 0 Å². The van der Waals surface area contributed by atoms with Gasteiger partial charge in [-0.1, -0.05) is 23.2 Å². The minimum absolute atomic E-state index is 0.118. The predicted octanol–water partition coefficient (Wildman–Crippen LogP) is 3.31. The third kappa shape index (κ3) is 3.80. The second-order valence-electron chi connectivity index (χ2n) is 4.54. The fourth-order valence-electron chi connectivity index (χ4n) is 2.13. The molecule has 0 amide bonds. The largest absolute Gasteiger partial charge is 0.494 e. The standard InChI is InChI=1S/C14H16Cl2O5/c1-18-11-6-3-8(21-11)7-20-14(17)12-9(15)4-5-10(16)13(12)19-2/h4-5,8,11H,3,6-7H2,1-2H3. The van der Waals surface area contributed by atoms with Crippen molar-refractivity contribution in [2.75, 3.05) is 20.8 Å². The molecule has 116 valence electrons. The first-order chi connectivity index (χ1) is 10.1. The van der Waals surface area contributed by atoms with Crippen LogP contribution in [0.5, 0.6) is 5.75 Å². The van der Waals surface area contributed by atoms with Crippen molar-refractivity contribution in [3.8, 4) is 5.75 Å². The maximum Gasteiger partial charge on any atom is 0.343 e. The normalized spacial score (nSPS) is 21.3. The molecule has 5 nitrogen and oxygen atoms in total. The van der Waals surface area contributed by atoms with Gasteiger partial charge in [-0.05, 0) is 18.6 Å². The summed E-state index contributed by atoms with van der Waals surface area (Å²) < 4.78 is 21.0. The summed E-state index contributed by atoms with van der Waals surface area (Å²) in [6.07, 6.45) is 1.13. The van der Waals surface area contributed by atoms with E-state index in [4.69, 9.17) is 42.1 Å². The van der Waals surface area contributed by atoms with E-state index in [2.05, 4.69) is 0 Å². The SMILES string of the molecule is COc1c(Cl)ccc(Cl)c1C(=O)OCC1CCC(OC)O1. The van der Waals surface area contributed by atoms with Crippen molar-refractivity contribution in [3.63, 3.8) is 0 Å². The Labute approximate surface area is 133 Å². The highest BCUT2D eigenvalue weighted by Crippen LogP contribution is 2.34. The summed E-state index contributed by atoms with van der Waals surface area (Å²) >= 11 is 12.0. The van der Waals surface area contributed by atoms with Gasteiger partial charge >= 0.3 is 5.97 Å². The Kier molecular flexibility index (Phi) is 5.70. The highest BCUT2D eigenvalue weighted by molar-refractivity contribution is 6.37. The minimum Gasteiger partial charge on any atom is -0.494 e. The molecule has 1 heterocycles. The van der Waals surface area contributed by atoms with Gasteiger partial charge < -0.3 is 18.9 Å². The fraction of sp³-hybridized carbons (Fsp3) is 0.500. The predicted molar refractivity (Wildman–Crippen MR) is 78.2 cm³/mol. The van der Waals surface area contributed by atoms with Crippen molar-refractivity contribution in [1.29, 1.82) is 0 Å². The second-order valence-corrected chi connectivity index (χ2v) is 5.35. The number of benzene rings is 1. The van der Waals surface area contributed by atoms with Gasteiger partial charge in [-0.15, -0.1) is 0 Å². The summed E-state index contributed by atoms with van der Waals surface area (Å²) in [5.74, 6) is -0.389. The summed E-state index contributed by atoms with van der Waals surface area (Å²) in [5.41, 5.74) is 0.118. The molecule has 1 aliphatic heterocycles. The van der Waals surface area contributed by atoms with E-state index < -0.39 is 5.97 Å². The first-order valence-corrected chi connectivity index (χ1v) is 7.19. The minimum atomic E-state index is -0.594. The molecule has 1 aliphatic rings. The molecule has 1 fully saturated rings. The van der Waals surface area contributed by atoms with Crippen molar-refractivity contribution in [1.82, 2.24) is 0 Å². The Hall–Kier alpha value is -1.01. The van der Waals surface area contributed by atoms with Gasteiger partial charge in [0.25, 0.3) is 0 Å². The maximum absolute atomic E-state index is 12.2. The molecule has 0 N–H and O–H groups in total. The molecule has 21 heavy (non-hydrogen) atoms. The van der Waals surface area contributed by atoms with E-state index in [9.17, 15) is 4.79 Å². The van der Waals surface area contributed by atoms with Crippen LogP contribution in [-0.2, 0) is 14.2 Å². The second kappa shape index (κ2) is 7.31. The monoisotopic (exact) mass is 334 g/mol. The van der Waals surface area contributed by atoms with Crippen molar-refractivity contribution in [3.05, 3.63) is 27.7 Å². The van der Waals surface area contributed by atoms with Crippen molar-refractivity contribution in [2.45, 2.75) is 25.2 Å². The highest BCUT2D eigenvalue weighted by Gasteiger charge is 2.27. The number of rotatable bonds is 5. The Balaban J connectivity index is 2.02. The van der Waals surface area contributed by atoms with Crippen molar-refractivity contribution < 1.29 is 23.7 Å². The summed E-state index contributed by atoms with van der Waals surface area (Å²) in [5, 5.41) is 0.522. The Morgan fingerprint density at radius 3 is 2.62 bits per heavy atom. The first kappa shape index (κ1) is 16.4. The molecule has 0 saturated carbocycles. The van der Waals surface area contributed by atoms with Crippen LogP contribution in [0.2, 0.25) is 10.0 Å². The Bertz CT molecular complexity index is 520. The zero-order valence-electron chi connectivity index (χ0n) is 11.7. The lowest BCUT2D eigenvalue weighted by atomic mass is 10.2. The lowest BCUT2D eigenvalue weighted by Crippen LogP contribution is -2.20. The van der Waals surface area contributed by atoms with Gasteiger partial charge in [0.15, 0.2) is 12.0 Å². The molecular weight excluding hydrogens is 319 g/mol. The van der Waals surface area contributed by atoms with Gasteiger partial charge in [0.05, 0.1) is 23.3 Å². The number of hydrogen-bond acceptors (Lipinski definition) is 5. The number of ether oxygens (including phenoxy) is 4. The van der Waals surface area contributed by atoms with Crippen LogP contribution in [0.4, 0.5) is 0 Å². The number of carbonyl (C=O) groups excluding carboxylic acids is 1. The summed E-state index contributed by atoms with van der Waals surface area (Å²) in [7, 11) is 2.99. The zero-order chi connectivity index (χ0) is 15.4. The molecule has 0 spiro atoms. The number of esters is 1. The number of halogens is 2. The van der Waals surface area contributed by atoms with Gasteiger partial charge in [0, 0.05) is 13.5 Å². The number of carbonyl (C=O) groups is 1. The van der Waals surface area contributed by atoms with Crippen LogP contribution in [0.1, 0.15) is 23.2 Å². The average molecular weight is 335 g/mol. The summed E-state index contributed by atoms with van der Waals surface area (Å²) in [6.45, 7) is 0.130. The molecular formula is C14H16Cl2O5. The van der Waals surface area contributed by atoms with E-state index in [1.807, 2.05) is 0 Å². The Morgan fingerprint density at radius 2 is 2.00 bits per heavy atom. The Morgan fingerprint density at radius 1 is 1.29 bits per heavy atom. The van der Waals surface area contributed by atoms with Crippen molar-refractivity contribution >= 4 is 29.2 Å². The molecule has 7 heteroatoms. The topological polar surface area (TPSA) is 54.0 Å². The molecule has 0 radical (unpaired) electrons.